The number of amides is 1. The first-order valence-electron chi connectivity index (χ1n) is 6.71. The molecule has 0 unspecified atom stereocenters. The minimum absolute atomic E-state index is 0.00850. The largest absolute Gasteiger partial charge is 0.497 e. The fourth-order valence-electron chi connectivity index (χ4n) is 1.85. The van der Waals surface area contributed by atoms with Crippen molar-refractivity contribution in [3.63, 3.8) is 0 Å². The van der Waals surface area contributed by atoms with Crippen LogP contribution in [0.2, 0.25) is 0 Å². The molecule has 0 fully saturated rings. The minimum Gasteiger partial charge on any atom is -0.497 e. The Morgan fingerprint density at radius 1 is 1.09 bits per heavy atom. The van der Waals surface area contributed by atoms with Crippen LogP contribution in [0, 0.1) is 17.5 Å². The first kappa shape index (κ1) is 16.7. The standard InChI is InChI=1S/C16H14F3NO3/c1-22-10-3-2-4-11(9-10)23-8-7-20-16(21)14-12(17)5-6-13(18)15(14)19/h2-6,9H,7-8H2,1H3,(H,20,21). The number of rotatable bonds is 6. The van der Waals surface area contributed by atoms with Crippen LogP contribution in [0.3, 0.4) is 0 Å². The van der Waals surface area contributed by atoms with Gasteiger partial charge in [0.05, 0.1) is 13.7 Å². The number of nitrogens with one attached hydrogen (secondary N) is 1. The molecule has 0 saturated carbocycles. The SMILES string of the molecule is COc1cccc(OCCNC(=O)c2c(F)ccc(F)c2F)c1. The zero-order valence-electron chi connectivity index (χ0n) is 12.2. The highest BCUT2D eigenvalue weighted by atomic mass is 19.2. The van der Waals surface area contributed by atoms with E-state index in [2.05, 4.69) is 5.32 Å². The highest BCUT2D eigenvalue weighted by Crippen LogP contribution is 2.18. The molecule has 0 saturated heterocycles. The maximum absolute atomic E-state index is 13.4. The third kappa shape index (κ3) is 4.15. The van der Waals surface area contributed by atoms with Crippen molar-refractivity contribution in [2.24, 2.45) is 0 Å². The van der Waals surface area contributed by atoms with Gasteiger partial charge in [-0.05, 0) is 24.3 Å². The smallest absolute Gasteiger partial charge is 0.257 e. The molecule has 0 aliphatic rings. The van der Waals surface area contributed by atoms with Crippen LogP contribution in [0.25, 0.3) is 0 Å². The first-order chi connectivity index (χ1) is 11.0. The minimum atomic E-state index is -1.52. The Morgan fingerprint density at radius 3 is 2.52 bits per heavy atom. The molecule has 0 heterocycles. The van der Waals surface area contributed by atoms with Crippen LogP contribution in [0.1, 0.15) is 10.4 Å². The van der Waals surface area contributed by atoms with Crippen LogP contribution < -0.4 is 14.8 Å². The summed E-state index contributed by atoms with van der Waals surface area (Å²) in [6.45, 7) is 0.0584. The van der Waals surface area contributed by atoms with Gasteiger partial charge in [0, 0.05) is 6.07 Å². The molecule has 0 aliphatic carbocycles. The predicted octanol–water partition coefficient (Wildman–Crippen LogP) is 2.92. The molecule has 23 heavy (non-hydrogen) atoms. The van der Waals surface area contributed by atoms with Gasteiger partial charge in [0.2, 0.25) is 0 Å². The molecule has 0 bridgehead atoms. The maximum atomic E-state index is 13.4. The molecule has 0 aliphatic heterocycles. The van der Waals surface area contributed by atoms with Crippen LogP contribution in [0.15, 0.2) is 36.4 Å². The summed E-state index contributed by atoms with van der Waals surface area (Å²) < 4.78 is 50.3. The second kappa shape index (κ2) is 7.53. The Morgan fingerprint density at radius 2 is 1.78 bits per heavy atom. The number of benzene rings is 2. The third-order valence-electron chi connectivity index (χ3n) is 2.97. The molecule has 2 aromatic rings. The zero-order chi connectivity index (χ0) is 16.8. The highest BCUT2D eigenvalue weighted by molar-refractivity contribution is 5.94. The number of hydrogen-bond donors (Lipinski definition) is 1. The number of methoxy groups -OCH3 is 1. The Balaban J connectivity index is 1.89. The molecule has 1 amide bonds. The summed E-state index contributed by atoms with van der Waals surface area (Å²) >= 11 is 0. The molecule has 2 rings (SSSR count). The van der Waals surface area contributed by atoms with Crippen molar-refractivity contribution in [2.45, 2.75) is 0 Å². The summed E-state index contributed by atoms with van der Waals surface area (Å²) in [5.74, 6) is -3.86. The van der Waals surface area contributed by atoms with Gasteiger partial charge in [-0.3, -0.25) is 4.79 Å². The lowest BCUT2D eigenvalue weighted by atomic mass is 10.1. The van der Waals surface area contributed by atoms with E-state index in [1.807, 2.05) is 0 Å². The van der Waals surface area contributed by atoms with Crippen LogP contribution in [0.4, 0.5) is 13.2 Å². The van der Waals surface area contributed by atoms with Gasteiger partial charge >= 0.3 is 0 Å². The maximum Gasteiger partial charge on any atom is 0.257 e. The molecule has 7 heteroatoms. The molecular weight excluding hydrogens is 311 g/mol. The normalized spacial score (nSPS) is 10.3. The summed E-state index contributed by atoms with van der Waals surface area (Å²) in [5.41, 5.74) is -0.952. The van der Waals surface area contributed by atoms with Crippen molar-refractivity contribution in [3.05, 3.63) is 59.4 Å². The third-order valence-corrected chi connectivity index (χ3v) is 2.97. The van der Waals surface area contributed by atoms with Gasteiger partial charge in [0.25, 0.3) is 5.91 Å². The molecule has 4 nitrogen and oxygen atoms in total. The van der Waals surface area contributed by atoms with E-state index in [0.29, 0.717) is 23.6 Å². The van der Waals surface area contributed by atoms with Crippen molar-refractivity contribution in [3.8, 4) is 11.5 Å². The summed E-state index contributed by atoms with van der Waals surface area (Å²) in [5, 5.41) is 2.26. The number of ether oxygens (including phenoxy) is 2. The molecule has 0 radical (unpaired) electrons. The van der Waals surface area contributed by atoms with Gasteiger partial charge in [0.1, 0.15) is 29.5 Å². The molecule has 0 aromatic heterocycles. The van der Waals surface area contributed by atoms with Gasteiger partial charge in [-0.15, -0.1) is 0 Å². The fraction of sp³-hybridized carbons (Fsp3) is 0.188. The van der Waals surface area contributed by atoms with Crippen molar-refractivity contribution >= 4 is 5.91 Å². The van der Waals surface area contributed by atoms with Crippen molar-refractivity contribution in [1.29, 1.82) is 0 Å². The lowest BCUT2D eigenvalue weighted by Gasteiger charge is -2.10. The fourth-order valence-corrected chi connectivity index (χ4v) is 1.85. The second-order valence-corrected chi connectivity index (χ2v) is 4.50. The van der Waals surface area contributed by atoms with E-state index in [1.165, 1.54) is 7.11 Å². The second-order valence-electron chi connectivity index (χ2n) is 4.50. The number of carbonyl (C=O) groups excluding carboxylic acids is 1. The Kier molecular flexibility index (Phi) is 5.46. The number of carbonyl (C=O) groups is 1. The lowest BCUT2D eigenvalue weighted by Crippen LogP contribution is -2.29. The molecule has 2 aromatic carbocycles. The van der Waals surface area contributed by atoms with Crippen molar-refractivity contribution in [2.75, 3.05) is 20.3 Å². The van der Waals surface area contributed by atoms with E-state index >= 15 is 0 Å². The van der Waals surface area contributed by atoms with Gasteiger partial charge in [0.15, 0.2) is 11.6 Å². The topological polar surface area (TPSA) is 47.6 Å². The van der Waals surface area contributed by atoms with Gasteiger partial charge in [-0.1, -0.05) is 6.07 Å². The van der Waals surface area contributed by atoms with E-state index < -0.39 is 28.9 Å². The van der Waals surface area contributed by atoms with Gasteiger partial charge in [-0.25, -0.2) is 13.2 Å². The molecule has 0 spiro atoms. The quantitative estimate of drug-likeness (QED) is 0.656. The molecule has 0 atom stereocenters. The van der Waals surface area contributed by atoms with Crippen LogP contribution in [-0.2, 0) is 0 Å². The van der Waals surface area contributed by atoms with E-state index in [0.717, 1.165) is 0 Å². The average molecular weight is 325 g/mol. The summed E-state index contributed by atoms with van der Waals surface area (Å²) in [6, 6.07) is 8.12. The van der Waals surface area contributed by atoms with Gasteiger partial charge in [-0.2, -0.15) is 0 Å². The Hall–Kier alpha value is -2.70. The number of halogens is 3. The van der Waals surface area contributed by atoms with E-state index in [9.17, 15) is 18.0 Å². The molecule has 1 N–H and O–H groups in total. The number of hydrogen-bond acceptors (Lipinski definition) is 3. The van der Waals surface area contributed by atoms with E-state index in [-0.39, 0.29) is 13.2 Å². The Labute approximate surface area is 130 Å². The zero-order valence-corrected chi connectivity index (χ0v) is 12.2. The monoisotopic (exact) mass is 325 g/mol. The van der Waals surface area contributed by atoms with E-state index in [4.69, 9.17) is 9.47 Å². The summed E-state index contributed by atoms with van der Waals surface area (Å²) in [6.07, 6.45) is 0. The van der Waals surface area contributed by atoms with Gasteiger partial charge < -0.3 is 14.8 Å². The summed E-state index contributed by atoms with van der Waals surface area (Å²) in [7, 11) is 1.52. The first-order valence-corrected chi connectivity index (χ1v) is 6.71. The highest BCUT2D eigenvalue weighted by Gasteiger charge is 2.20. The van der Waals surface area contributed by atoms with Crippen molar-refractivity contribution < 1.29 is 27.4 Å². The summed E-state index contributed by atoms with van der Waals surface area (Å²) in [4.78, 5) is 11.7. The van der Waals surface area contributed by atoms with Crippen LogP contribution in [0.5, 0.6) is 11.5 Å². The van der Waals surface area contributed by atoms with E-state index in [1.54, 1.807) is 24.3 Å². The van der Waals surface area contributed by atoms with Crippen molar-refractivity contribution in [1.82, 2.24) is 5.32 Å². The Bertz CT molecular complexity index is 707. The molecule has 122 valence electrons. The molecular formula is C16H14F3NO3. The van der Waals surface area contributed by atoms with Crippen LogP contribution >= 0.6 is 0 Å². The van der Waals surface area contributed by atoms with Crippen LogP contribution in [-0.4, -0.2) is 26.2 Å². The lowest BCUT2D eigenvalue weighted by molar-refractivity contribution is 0.0937. The predicted molar refractivity (Wildman–Crippen MR) is 77.1 cm³/mol. The average Bonchev–Trinajstić information content (AvgIpc) is 2.55.